The van der Waals surface area contributed by atoms with Crippen LogP contribution in [-0.4, -0.2) is 23.2 Å². The van der Waals surface area contributed by atoms with E-state index < -0.39 is 0 Å². The molecule has 6 heteroatoms. The highest BCUT2D eigenvalue weighted by Gasteiger charge is 2.21. The number of thiazole rings is 2. The van der Waals surface area contributed by atoms with Gasteiger partial charge in [-0.2, -0.15) is 0 Å². The molecule has 0 fully saturated rings. The summed E-state index contributed by atoms with van der Waals surface area (Å²) in [6, 6.07) is 0. The zero-order valence-electron chi connectivity index (χ0n) is 22.1. The van der Waals surface area contributed by atoms with Crippen LogP contribution in [0.3, 0.4) is 0 Å². The van der Waals surface area contributed by atoms with Crippen LogP contribution in [0.1, 0.15) is 92.9 Å². The maximum Gasteiger partial charge on any atom is 0.166 e. The third-order valence-electron chi connectivity index (χ3n) is 6.65. The predicted molar refractivity (Wildman–Crippen MR) is 149 cm³/mol. The van der Waals surface area contributed by atoms with Crippen LogP contribution in [0.15, 0.2) is 11.0 Å². The van der Waals surface area contributed by atoms with Crippen molar-refractivity contribution in [3.05, 3.63) is 11.0 Å². The number of hydrogen-bond acceptors (Lipinski definition) is 6. The number of fused-ring (bicyclic) bond motifs is 2. The molecule has 2 aromatic heterocycles. The van der Waals surface area contributed by atoms with Gasteiger partial charge in [-0.3, -0.25) is 0 Å². The van der Waals surface area contributed by atoms with Crippen molar-refractivity contribution in [3.8, 4) is 11.5 Å². The van der Waals surface area contributed by atoms with Crippen LogP contribution >= 0.6 is 22.7 Å². The Balaban J connectivity index is 1.62. The summed E-state index contributed by atoms with van der Waals surface area (Å²) in [6.45, 7) is 15.3. The molecule has 3 aromatic rings. The number of hydrogen-bond donors (Lipinski definition) is 0. The molecule has 4 nitrogen and oxygen atoms in total. The van der Waals surface area contributed by atoms with Gasteiger partial charge in [-0.15, -0.1) is 22.7 Å². The molecule has 0 spiro atoms. The highest BCUT2D eigenvalue weighted by atomic mass is 32.1. The van der Waals surface area contributed by atoms with Crippen molar-refractivity contribution in [2.75, 3.05) is 13.2 Å². The van der Waals surface area contributed by atoms with E-state index in [0.717, 1.165) is 69.8 Å². The van der Waals surface area contributed by atoms with Crippen molar-refractivity contribution in [1.82, 2.24) is 9.97 Å². The molecule has 0 saturated carbocycles. The maximum absolute atomic E-state index is 6.37. The number of aromatic nitrogens is 2. The van der Waals surface area contributed by atoms with Gasteiger partial charge in [-0.1, -0.05) is 80.1 Å². The molecule has 0 aliphatic rings. The smallest absolute Gasteiger partial charge is 0.166 e. The Morgan fingerprint density at radius 1 is 0.618 bits per heavy atom. The minimum absolute atomic E-state index is 0.673. The summed E-state index contributed by atoms with van der Waals surface area (Å²) < 4.78 is 14.9. The molecular weight excluding hydrogens is 460 g/mol. The largest absolute Gasteiger partial charge is 0.490 e. The second kappa shape index (κ2) is 13.6. The summed E-state index contributed by atoms with van der Waals surface area (Å²) in [5.74, 6) is 4.69. The van der Waals surface area contributed by atoms with Crippen LogP contribution in [0.5, 0.6) is 11.5 Å². The highest BCUT2D eigenvalue weighted by molar-refractivity contribution is 7.19. The number of nitrogens with zero attached hydrogens (tertiary/aromatic N) is 2. The molecular formula is C28H44N2O2S2. The second-order valence-corrected chi connectivity index (χ2v) is 12.6. The van der Waals surface area contributed by atoms with Crippen LogP contribution in [-0.2, 0) is 0 Å². The van der Waals surface area contributed by atoms with E-state index in [-0.39, 0.29) is 0 Å². The lowest BCUT2D eigenvalue weighted by molar-refractivity contribution is 0.277. The van der Waals surface area contributed by atoms with E-state index in [1.807, 2.05) is 11.0 Å². The molecule has 0 aliphatic carbocycles. The van der Waals surface area contributed by atoms with Gasteiger partial charge in [0.05, 0.1) is 24.2 Å². The Morgan fingerprint density at radius 3 is 1.41 bits per heavy atom. The van der Waals surface area contributed by atoms with Crippen LogP contribution in [0.4, 0.5) is 0 Å². The van der Waals surface area contributed by atoms with Gasteiger partial charge < -0.3 is 9.47 Å². The van der Waals surface area contributed by atoms with E-state index in [4.69, 9.17) is 9.47 Å². The second-order valence-electron chi connectivity index (χ2n) is 10.9. The summed E-state index contributed by atoms with van der Waals surface area (Å²) in [5.41, 5.74) is 5.65. The van der Waals surface area contributed by atoms with Gasteiger partial charge in [0.15, 0.2) is 11.5 Å². The van der Waals surface area contributed by atoms with Gasteiger partial charge in [0.1, 0.15) is 20.4 Å². The minimum atomic E-state index is 0.673. The SMILES string of the molecule is CC(C)CCCC(C)CCOc1c2ncsc2c(OCCC(C)CCCC(C)C)c2ncsc12. The molecule has 2 unspecified atom stereocenters. The maximum atomic E-state index is 6.37. The van der Waals surface area contributed by atoms with Gasteiger partial charge in [0.25, 0.3) is 0 Å². The van der Waals surface area contributed by atoms with E-state index in [9.17, 15) is 0 Å². The number of ether oxygens (including phenoxy) is 2. The molecule has 0 radical (unpaired) electrons. The predicted octanol–water partition coefficient (Wildman–Crippen LogP) is 9.37. The third kappa shape index (κ3) is 7.81. The van der Waals surface area contributed by atoms with Gasteiger partial charge in [-0.25, -0.2) is 9.97 Å². The lowest BCUT2D eigenvalue weighted by Gasteiger charge is -2.16. The van der Waals surface area contributed by atoms with Crippen LogP contribution in [0.25, 0.3) is 20.4 Å². The molecule has 0 saturated heterocycles. The fourth-order valence-electron chi connectivity index (χ4n) is 4.38. The molecule has 0 N–H and O–H groups in total. The van der Waals surface area contributed by atoms with E-state index >= 15 is 0 Å². The third-order valence-corrected chi connectivity index (χ3v) is 8.30. The van der Waals surface area contributed by atoms with Gasteiger partial charge in [0.2, 0.25) is 0 Å². The molecule has 0 aliphatic heterocycles. The number of rotatable bonds is 16. The van der Waals surface area contributed by atoms with Crippen LogP contribution < -0.4 is 9.47 Å². The fraction of sp³-hybridized carbons (Fsp3) is 0.714. The normalized spacial score (nSPS) is 13.9. The van der Waals surface area contributed by atoms with Crippen molar-refractivity contribution < 1.29 is 9.47 Å². The van der Waals surface area contributed by atoms with Crippen molar-refractivity contribution in [2.24, 2.45) is 23.7 Å². The molecule has 1 aromatic carbocycles. The summed E-state index contributed by atoms with van der Waals surface area (Å²) in [4.78, 5) is 9.34. The lowest BCUT2D eigenvalue weighted by atomic mass is 9.98. The first-order chi connectivity index (χ1) is 16.4. The highest BCUT2D eigenvalue weighted by Crippen LogP contribution is 2.45. The first kappa shape index (κ1) is 27.2. The molecule has 0 bridgehead atoms. The lowest BCUT2D eigenvalue weighted by Crippen LogP contribution is -2.07. The number of benzene rings is 1. The van der Waals surface area contributed by atoms with E-state index in [1.54, 1.807) is 22.7 Å². The van der Waals surface area contributed by atoms with E-state index in [2.05, 4.69) is 51.5 Å². The van der Waals surface area contributed by atoms with Crippen molar-refractivity contribution >= 4 is 43.1 Å². The Kier molecular flexibility index (Phi) is 10.9. The van der Waals surface area contributed by atoms with Crippen molar-refractivity contribution in [3.63, 3.8) is 0 Å². The van der Waals surface area contributed by atoms with E-state index in [0.29, 0.717) is 11.8 Å². The molecule has 2 heterocycles. The van der Waals surface area contributed by atoms with Gasteiger partial charge in [-0.05, 0) is 36.5 Å². The first-order valence-corrected chi connectivity index (χ1v) is 15.0. The topological polar surface area (TPSA) is 44.2 Å². The van der Waals surface area contributed by atoms with Gasteiger partial charge in [0, 0.05) is 0 Å². The monoisotopic (exact) mass is 504 g/mol. The van der Waals surface area contributed by atoms with Crippen molar-refractivity contribution in [1.29, 1.82) is 0 Å². The summed E-state index contributed by atoms with van der Waals surface area (Å²) in [6.07, 6.45) is 9.90. The standard InChI is InChI=1S/C28H44N2O2S2/c1-19(2)9-7-11-21(5)13-15-31-25-23-28(34-17-29-23)26(24-27(25)33-18-30-24)32-16-14-22(6)12-8-10-20(3)4/h17-22H,7-16H2,1-6H3. The molecule has 2 atom stereocenters. The Morgan fingerprint density at radius 2 is 1.03 bits per heavy atom. The summed E-state index contributed by atoms with van der Waals surface area (Å²) in [5, 5.41) is 0. The fourth-order valence-corrected chi connectivity index (χ4v) is 5.95. The molecule has 3 rings (SSSR count). The zero-order chi connectivity index (χ0) is 24.5. The van der Waals surface area contributed by atoms with Crippen LogP contribution in [0, 0.1) is 23.7 Å². The molecule has 190 valence electrons. The van der Waals surface area contributed by atoms with Gasteiger partial charge >= 0.3 is 0 Å². The Labute approximate surface area is 214 Å². The zero-order valence-corrected chi connectivity index (χ0v) is 23.7. The average Bonchev–Trinajstić information content (AvgIpc) is 3.44. The summed E-state index contributed by atoms with van der Waals surface area (Å²) in [7, 11) is 0. The average molecular weight is 505 g/mol. The van der Waals surface area contributed by atoms with E-state index in [1.165, 1.54) is 38.5 Å². The van der Waals surface area contributed by atoms with Crippen LogP contribution in [0.2, 0.25) is 0 Å². The summed E-state index contributed by atoms with van der Waals surface area (Å²) >= 11 is 3.25. The first-order valence-electron chi connectivity index (χ1n) is 13.2. The Bertz CT molecular complexity index is 868. The minimum Gasteiger partial charge on any atom is -0.490 e. The molecule has 34 heavy (non-hydrogen) atoms. The Hall–Kier alpha value is -1.40. The molecule has 0 amide bonds. The van der Waals surface area contributed by atoms with Crippen molar-refractivity contribution in [2.45, 2.75) is 92.9 Å². The quantitative estimate of drug-likeness (QED) is 0.195.